The van der Waals surface area contributed by atoms with E-state index in [0.29, 0.717) is 23.7 Å². The number of hydrogen-bond donors (Lipinski definition) is 2. The smallest absolute Gasteiger partial charge is 0.253 e. The summed E-state index contributed by atoms with van der Waals surface area (Å²) in [5.41, 5.74) is 0.475. The van der Waals surface area contributed by atoms with Crippen molar-refractivity contribution in [1.82, 2.24) is 14.9 Å². The van der Waals surface area contributed by atoms with Crippen molar-refractivity contribution >= 4 is 40.7 Å². The molecule has 2 rings (SSSR count). The van der Waals surface area contributed by atoms with Gasteiger partial charge >= 0.3 is 0 Å². The van der Waals surface area contributed by atoms with Gasteiger partial charge in [0.25, 0.3) is 5.91 Å². The van der Waals surface area contributed by atoms with Gasteiger partial charge in [0.1, 0.15) is 5.82 Å². The Hall–Kier alpha value is -2.05. The molecule has 2 amide bonds. The van der Waals surface area contributed by atoms with Crippen LogP contribution in [0.25, 0.3) is 0 Å². The summed E-state index contributed by atoms with van der Waals surface area (Å²) in [6.45, 7) is 2.14. The first-order chi connectivity index (χ1) is 11.4. The van der Waals surface area contributed by atoms with E-state index in [-0.39, 0.29) is 28.7 Å². The van der Waals surface area contributed by atoms with Gasteiger partial charge in [-0.1, -0.05) is 30.1 Å². The molecule has 0 radical (unpaired) electrons. The number of rotatable bonds is 6. The predicted octanol–water partition coefficient (Wildman–Crippen LogP) is 3.40. The fourth-order valence-electron chi connectivity index (χ4n) is 2.13. The van der Waals surface area contributed by atoms with Crippen molar-refractivity contribution in [2.24, 2.45) is 7.05 Å². The molecule has 24 heavy (non-hydrogen) atoms. The number of imidazole rings is 1. The van der Waals surface area contributed by atoms with E-state index in [9.17, 15) is 9.59 Å². The predicted molar refractivity (Wildman–Crippen MR) is 94.4 cm³/mol. The van der Waals surface area contributed by atoms with E-state index >= 15 is 0 Å². The highest BCUT2D eigenvalue weighted by Gasteiger charge is 2.18. The first-order valence-corrected chi connectivity index (χ1v) is 8.21. The molecular formula is C16H18Cl2N4O2. The zero-order valence-corrected chi connectivity index (χ0v) is 14.9. The molecule has 1 aromatic carbocycles. The molecule has 128 valence electrons. The fraction of sp³-hybridized carbons (Fsp3) is 0.312. The summed E-state index contributed by atoms with van der Waals surface area (Å²) in [6, 6.07) is 2.96. The molecule has 0 aliphatic rings. The second-order valence-corrected chi connectivity index (χ2v) is 6.09. The van der Waals surface area contributed by atoms with Gasteiger partial charge in [-0.3, -0.25) is 9.59 Å². The first-order valence-electron chi connectivity index (χ1n) is 7.45. The number of halogens is 2. The van der Waals surface area contributed by atoms with Crippen LogP contribution in [0.5, 0.6) is 0 Å². The molecule has 0 aliphatic carbocycles. The number of aromatic nitrogens is 2. The minimum Gasteiger partial charge on any atom is -0.345 e. The summed E-state index contributed by atoms with van der Waals surface area (Å²) in [4.78, 5) is 28.5. The highest BCUT2D eigenvalue weighted by Crippen LogP contribution is 2.30. The monoisotopic (exact) mass is 368 g/mol. The standard InChI is InChI=1S/C16H18Cl2N4O2/c1-3-4-14(23)21-15-11(7-10(17)8-12(15)18)16(24)20-9-13-19-5-6-22(13)2/h5-8H,3-4,9H2,1-2H3,(H,20,24)(H,21,23). The van der Waals surface area contributed by atoms with Crippen molar-refractivity contribution in [3.05, 3.63) is 46.0 Å². The summed E-state index contributed by atoms with van der Waals surface area (Å²) < 4.78 is 1.80. The lowest BCUT2D eigenvalue weighted by molar-refractivity contribution is -0.116. The Morgan fingerprint density at radius 1 is 1.29 bits per heavy atom. The second kappa shape index (κ2) is 8.17. The maximum absolute atomic E-state index is 12.5. The molecule has 0 aliphatic heterocycles. The number of carbonyl (C=O) groups is 2. The van der Waals surface area contributed by atoms with Gasteiger partial charge in [-0.25, -0.2) is 4.98 Å². The maximum atomic E-state index is 12.5. The van der Waals surface area contributed by atoms with E-state index in [2.05, 4.69) is 15.6 Å². The van der Waals surface area contributed by atoms with Crippen LogP contribution in [0.1, 0.15) is 35.9 Å². The van der Waals surface area contributed by atoms with Gasteiger partial charge in [0, 0.05) is 30.9 Å². The van der Waals surface area contributed by atoms with E-state index in [4.69, 9.17) is 23.2 Å². The van der Waals surface area contributed by atoms with Crippen LogP contribution < -0.4 is 10.6 Å². The minimum atomic E-state index is -0.394. The van der Waals surface area contributed by atoms with E-state index in [1.807, 2.05) is 14.0 Å². The van der Waals surface area contributed by atoms with Crippen LogP contribution in [0.2, 0.25) is 10.0 Å². The Morgan fingerprint density at radius 3 is 2.67 bits per heavy atom. The van der Waals surface area contributed by atoms with Crippen LogP contribution in [0.3, 0.4) is 0 Å². The molecule has 0 spiro atoms. The van der Waals surface area contributed by atoms with Crippen LogP contribution >= 0.6 is 23.2 Å². The molecule has 1 aromatic heterocycles. The van der Waals surface area contributed by atoms with Crippen molar-refractivity contribution in [3.63, 3.8) is 0 Å². The van der Waals surface area contributed by atoms with E-state index in [1.54, 1.807) is 17.0 Å². The number of aryl methyl sites for hydroxylation is 1. The van der Waals surface area contributed by atoms with Gasteiger partial charge in [-0.2, -0.15) is 0 Å². The molecule has 2 aromatic rings. The van der Waals surface area contributed by atoms with Crippen molar-refractivity contribution < 1.29 is 9.59 Å². The Morgan fingerprint density at radius 2 is 2.04 bits per heavy atom. The first kappa shape index (κ1) is 18.3. The third-order valence-electron chi connectivity index (χ3n) is 3.37. The van der Waals surface area contributed by atoms with Crippen LogP contribution in [0.15, 0.2) is 24.5 Å². The van der Waals surface area contributed by atoms with Crippen molar-refractivity contribution in [2.75, 3.05) is 5.32 Å². The molecule has 2 N–H and O–H groups in total. The topological polar surface area (TPSA) is 76.0 Å². The van der Waals surface area contributed by atoms with Gasteiger partial charge in [0.05, 0.1) is 22.8 Å². The van der Waals surface area contributed by atoms with Crippen molar-refractivity contribution in [3.8, 4) is 0 Å². The molecule has 0 saturated heterocycles. The number of benzene rings is 1. The molecule has 0 saturated carbocycles. The summed E-state index contributed by atoms with van der Waals surface area (Å²) in [7, 11) is 1.83. The highest BCUT2D eigenvalue weighted by atomic mass is 35.5. The van der Waals surface area contributed by atoms with E-state index in [0.717, 1.165) is 0 Å². The van der Waals surface area contributed by atoms with Crippen molar-refractivity contribution in [1.29, 1.82) is 0 Å². The quantitative estimate of drug-likeness (QED) is 0.820. The van der Waals surface area contributed by atoms with Gasteiger partial charge < -0.3 is 15.2 Å². The summed E-state index contributed by atoms with van der Waals surface area (Å²) >= 11 is 12.1. The molecule has 0 fully saturated rings. The lowest BCUT2D eigenvalue weighted by Gasteiger charge is -2.13. The summed E-state index contributed by atoms with van der Waals surface area (Å²) in [5.74, 6) is 0.0992. The zero-order chi connectivity index (χ0) is 17.7. The molecule has 0 atom stereocenters. The lowest BCUT2D eigenvalue weighted by Crippen LogP contribution is -2.26. The Kier molecular flexibility index (Phi) is 6.23. The zero-order valence-electron chi connectivity index (χ0n) is 13.4. The largest absolute Gasteiger partial charge is 0.345 e. The Labute approximate surface area is 150 Å². The Balaban J connectivity index is 2.22. The molecular weight excluding hydrogens is 351 g/mol. The third kappa shape index (κ3) is 4.49. The molecule has 0 bridgehead atoms. The Bertz CT molecular complexity index is 759. The molecule has 1 heterocycles. The van der Waals surface area contributed by atoms with Crippen LogP contribution in [-0.2, 0) is 18.4 Å². The summed E-state index contributed by atoms with van der Waals surface area (Å²) in [6.07, 6.45) is 4.47. The number of nitrogens with one attached hydrogen (secondary N) is 2. The lowest BCUT2D eigenvalue weighted by atomic mass is 10.1. The SMILES string of the molecule is CCCC(=O)Nc1c(Cl)cc(Cl)cc1C(=O)NCc1nccn1C. The molecule has 6 nitrogen and oxygen atoms in total. The van der Waals surface area contributed by atoms with Crippen LogP contribution in [0, 0.1) is 0 Å². The van der Waals surface area contributed by atoms with Gasteiger partial charge in [-0.05, 0) is 18.6 Å². The number of nitrogens with zero attached hydrogens (tertiary/aromatic N) is 2. The van der Waals surface area contributed by atoms with Crippen LogP contribution in [0.4, 0.5) is 5.69 Å². The second-order valence-electron chi connectivity index (χ2n) is 5.25. The summed E-state index contributed by atoms with van der Waals surface area (Å²) in [5, 5.41) is 5.96. The maximum Gasteiger partial charge on any atom is 0.253 e. The average molecular weight is 369 g/mol. The number of carbonyl (C=O) groups excluding carboxylic acids is 2. The third-order valence-corrected chi connectivity index (χ3v) is 3.89. The van der Waals surface area contributed by atoms with E-state index in [1.165, 1.54) is 12.1 Å². The minimum absolute atomic E-state index is 0.208. The van der Waals surface area contributed by atoms with Gasteiger partial charge in [0.2, 0.25) is 5.91 Å². The fourth-order valence-corrected chi connectivity index (χ4v) is 2.67. The van der Waals surface area contributed by atoms with Crippen molar-refractivity contribution in [2.45, 2.75) is 26.3 Å². The van der Waals surface area contributed by atoms with Gasteiger partial charge in [-0.15, -0.1) is 0 Å². The molecule has 0 unspecified atom stereocenters. The molecule has 8 heteroatoms. The van der Waals surface area contributed by atoms with Gasteiger partial charge in [0.15, 0.2) is 0 Å². The highest BCUT2D eigenvalue weighted by molar-refractivity contribution is 6.38. The van der Waals surface area contributed by atoms with E-state index < -0.39 is 5.91 Å². The number of anilines is 1. The average Bonchev–Trinajstić information content (AvgIpc) is 2.93. The number of amides is 2. The number of hydrogen-bond acceptors (Lipinski definition) is 3. The van der Waals surface area contributed by atoms with Crippen LogP contribution in [-0.4, -0.2) is 21.4 Å². The normalized spacial score (nSPS) is 10.5.